The number of aryl methyl sites for hydroxylation is 1. The fourth-order valence-electron chi connectivity index (χ4n) is 5.00. The quantitative estimate of drug-likeness (QED) is 0.124. The van der Waals surface area contributed by atoms with Gasteiger partial charge in [-0.25, -0.2) is 0 Å². The van der Waals surface area contributed by atoms with E-state index in [0.717, 1.165) is 16.5 Å². The molecule has 0 fully saturated rings. The van der Waals surface area contributed by atoms with Gasteiger partial charge in [0.05, 0.1) is 11.5 Å². The third kappa shape index (κ3) is 7.44. The summed E-state index contributed by atoms with van der Waals surface area (Å²) in [5.74, 6) is -1.22. The molecular formula is C32H34N4O7. The van der Waals surface area contributed by atoms with Crippen molar-refractivity contribution < 1.29 is 24.4 Å². The topological polar surface area (TPSA) is 155 Å². The molecule has 3 aromatic carbocycles. The molecule has 0 bridgehead atoms. The number of carbonyl (C=O) groups excluding carboxylic acids is 2. The zero-order valence-electron chi connectivity index (χ0n) is 24.2. The molecule has 0 aliphatic heterocycles. The Morgan fingerprint density at radius 2 is 1.91 bits per heavy atom. The van der Waals surface area contributed by atoms with Gasteiger partial charge in [-0.05, 0) is 59.7 Å². The number of aromatic amines is 1. The molecule has 0 saturated heterocycles. The number of esters is 1. The molecule has 224 valence electrons. The van der Waals surface area contributed by atoms with E-state index in [1.807, 2.05) is 26.0 Å². The van der Waals surface area contributed by atoms with E-state index in [0.29, 0.717) is 22.2 Å². The first-order chi connectivity index (χ1) is 20.6. The minimum atomic E-state index is -1.01. The lowest BCUT2D eigenvalue weighted by Crippen LogP contribution is -2.41. The maximum atomic E-state index is 14.3. The lowest BCUT2D eigenvalue weighted by atomic mass is 9.93. The standard InChI is InChI=1S/C32H34N4O7/c1-4-43-29(38)18-35(17-22-6-5-7-26(15-22)36(41)42)32(40)30(24-9-11-27(20(2)14-24)21(3)19-37)34-25-10-8-23-12-13-33-31(39)28(23)16-25/h5-16,21,30,34,37H,4,17-19H2,1-3H3,(H,33,39). The number of hydrogen-bond donors (Lipinski definition) is 3. The number of nitrogens with zero attached hydrogens (tertiary/aromatic N) is 2. The largest absolute Gasteiger partial charge is 0.465 e. The van der Waals surface area contributed by atoms with E-state index in [1.165, 1.54) is 23.1 Å². The summed E-state index contributed by atoms with van der Waals surface area (Å²) in [6.07, 6.45) is 1.56. The highest BCUT2D eigenvalue weighted by atomic mass is 16.6. The molecule has 1 heterocycles. The average molecular weight is 587 g/mol. The van der Waals surface area contributed by atoms with Gasteiger partial charge in [0.25, 0.3) is 17.2 Å². The number of non-ortho nitro benzene ring substituents is 1. The van der Waals surface area contributed by atoms with Gasteiger partial charge in [0.15, 0.2) is 0 Å². The number of nitro groups is 1. The van der Waals surface area contributed by atoms with E-state index in [1.54, 1.807) is 49.5 Å². The van der Waals surface area contributed by atoms with Gasteiger partial charge in [0, 0.05) is 48.5 Å². The number of anilines is 1. The highest BCUT2D eigenvalue weighted by molar-refractivity contribution is 5.90. The average Bonchev–Trinajstić information content (AvgIpc) is 2.99. The summed E-state index contributed by atoms with van der Waals surface area (Å²) in [6.45, 7) is 5.06. The number of aromatic nitrogens is 1. The number of aliphatic hydroxyl groups is 1. The van der Waals surface area contributed by atoms with Crippen molar-refractivity contribution in [3.05, 3.63) is 116 Å². The highest BCUT2D eigenvalue weighted by Gasteiger charge is 2.29. The molecule has 4 aromatic rings. The molecule has 4 rings (SSSR count). The van der Waals surface area contributed by atoms with Crippen LogP contribution in [0.15, 0.2) is 77.7 Å². The third-order valence-electron chi connectivity index (χ3n) is 7.20. The van der Waals surface area contributed by atoms with E-state index < -0.39 is 22.8 Å². The Balaban J connectivity index is 1.78. The first kappa shape index (κ1) is 30.9. The Bertz CT molecular complexity index is 1700. The van der Waals surface area contributed by atoms with Crippen molar-refractivity contribution in [2.24, 2.45) is 0 Å². The van der Waals surface area contributed by atoms with Crippen molar-refractivity contribution in [3.63, 3.8) is 0 Å². The Morgan fingerprint density at radius 1 is 1.12 bits per heavy atom. The predicted molar refractivity (Wildman–Crippen MR) is 163 cm³/mol. The molecule has 0 aliphatic carbocycles. The van der Waals surface area contributed by atoms with Gasteiger partial charge in [-0.3, -0.25) is 24.5 Å². The third-order valence-corrected chi connectivity index (χ3v) is 7.20. The minimum absolute atomic E-state index is 0.0387. The van der Waals surface area contributed by atoms with Gasteiger partial charge in [0.2, 0.25) is 0 Å². The predicted octanol–water partition coefficient (Wildman–Crippen LogP) is 4.59. The molecule has 43 heavy (non-hydrogen) atoms. The maximum Gasteiger partial charge on any atom is 0.325 e. The van der Waals surface area contributed by atoms with Crippen molar-refractivity contribution in [3.8, 4) is 0 Å². The van der Waals surface area contributed by atoms with Gasteiger partial charge in [0.1, 0.15) is 12.6 Å². The number of H-pyrrole nitrogens is 1. The van der Waals surface area contributed by atoms with Crippen molar-refractivity contribution in [2.75, 3.05) is 25.1 Å². The second-order valence-corrected chi connectivity index (χ2v) is 10.3. The molecule has 11 nitrogen and oxygen atoms in total. The van der Waals surface area contributed by atoms with Crippen LogP contribution in [0.25, 0.3) is 10.8 Å². The summed E-state index contributed by atoms with van der Waals surface area (Å²) in [5, 5.41) is 25.5. The molecule has 0 radical (unpaired) electrons. The summed E-state index contributed by atoms with van der Waals surface area (Å²) in [5.41, 5.74) is 2.92. The van der Waals surface area contributed by atoms with Crippen LogP contribution in [0.4, 0.5) is 11.4 Å². The highest BCUT2D eigenvalue weighted by Crippen LogP contribution is 2.29. The van der Waals surface area contributed by atoms with Crippen LogP contribution in [0, 0.1) is 17.0 Å². The smallest absolute Gasteiger partial charge is 0.325 e. The monoisotopic (exact) mass is 586 g/mol. The number of fused-ring (bicyclic) bond motifs is 1. The second-order valence-electron chi connectivity index (χ2n) is 10.3. The van der Waals surface area contributed by atoms with Gasteiger partial charge in [-0.1, -0.05) is 43.3 Å². The zero-order chi connectivity index (χ0) is 31.1. The molecule has 1 aromatic heterocycles. The minimum Gasteiger partial charge on any atom is -0.465 e. The molecule has 0 aliphatic rings. The van der Waals surface area contributed by atoms with E-state index in [9.17, 15) is 29.6 Å². The molecule has 0 spiro atoms. The first-order valence-electron chi connectivity index (χ1n) is 13.9. The summed E-state index contributed by atoms with van der Waals surface area (Å²) in [4.78, 5) is 54.3. The van der Waals surface area contributed by atoms with Crippen LogP contribution in [0.3, 0.4) is 0 Å². The van der Waals surface area contributed by atoms with Crippen LogP contribution < -0.4 is 10.9 Å². The lowest BCUT2D eigenvalue weighted by molar-refractivity contribution is -0.384. The zero-order valence-corrected chi connectivity index (χ0v) is 24.2. The van der Waals surface area contributed by atoms with Crippen LogP contribution in [0.5, 0.6) is 0 Å². The van der Waals surface area contributed by atoms with E-state index in [-0.39, 0.29) is 43.5 Å². The van der Waals surface area contributed by atoms with Gasteiger partial charge in [-0.15, -0.1) is 0 Å². The van der Waals surface area contributed by atoms with Crippen LogP contribution in [0.2, 0.25) is 0 Å². The number of ether oxygens (including phenoxy) is 1. The number of aliphatic hydroxyl groups excluding tert-OH is 1. The van der Waals surface area contributed by atoms with Crippen LogP contribution in [-0.2, 0) is 20.9 Å². The van der Waals surface area contributed by atoms with Crippen molar-refractivity contribution in [1.29, 1.82) is 0 Å². The van der Waals surface area contributed by atoms with Gasteiger partial charge >= 0.3 is 5.97 Å². The molecule has 3 N–H and O–H groups in total. The van der Waals surface area contributed by atoms with Crippen LogP contribution in [0.1, 0.15) is 48.1 Å². The molecular weight excluding hydrogens is 552 g/mol. The van der Waals surface area contributed by atoms with Gasteiger partial charge < -0.3 is 25.0 Å². The summed E-state index contributed by atoms with van der Waals surface area (Å²) in [6, 6.07) is 17.3. The molecule has 0 saturated carbocycles. The fourth-order valence-corrected chi connectivity index (χ4v) is 5.00. The Labute approximate surface area is 248 Å². The first-order valence-corrected chi connectivity index (χ1v) is 13.9. The van der Waals surface area contributed by atoms with Crippen LogP contribution in [-0.4, -0.2) is 51.5 Å². The number of pyridine rings is 1. The number of amides is 1. The SMILES string of the molecule is CCOC(=O)CN(Cc1cccc([N+](=O)[O-])c1)C(=O)C(Nc1ccc2cc[nH]c(=O)c2c1)c1ccc(C(C)CO)c(C)c1. The molecule has 11 heteroatoms. The van der Waals surface area contributed by atoms with Crippen molar-refractivity contribution in [2.45, 2.75) is 39.3 Å². The number of rotatable bonds is 12. The van der Waals surface area contributed by atoms with Crippen molar-refractivity contribution in [1.82, 2.24) is 9.88 Å². The van der Waals surface area contributed by atoms with Gasteiger partial charge in [-0.2, -0.15) is 0 Å². The lowest BCUT2D eigenvalue weighted by Gasteiger charge is -2.29. The van der Waals surface area contributed by atoms with E-state index in [2.05, 4.69) is 10.3 Å². The molecule has 2 atom stereocenters. The molecule has 2 unspecified atom stereocenters. The number of nitrogens with one attached hydrogen (secondary N) is 2. The Morgan fingerprint density at radius 3 is 2.60 bits per heavy atom. The van der Waals surface area contributed by atoms with E-state index in [4.69, 9.17) is 4.74 Å². The second kappa shape index (κ2) is 13.8. The normalized spacial score (nSPS) is 12.4. The Hall–Kier alpha value is -5.03. The maximum absolute atomic E-state index is 14.3. The summed E-state index contributed by atoms with van der Waals surface area (Å²) in [7, 11) is 0. The number of nitro benzene ring substituents is 1. The van der Waals surface area contributed by atoms with E-state index >= 15 is 0 Å². The summed E-state index contributed by atoms with van der Waals surface area (Å²) < 4.78 is 5.14. The Kier molecular flexibility index (Phi) is 9.89. The molecule has 1 amide bonds. The van der Waals surface area contributed by atoms with Crippen LogP contribution >= 0.6 is 0 Å². The van der Waals surface area contributed by atoms with Crippen molar-refractivity contribution >= 4 is 34.0 Å². The fraction of sp³-hybridized carbons (Fsp3) is 0.281. The number of carbonyl (C=O) groups is 2. The summed E-state index contributed by atoms with van der Waals surface area (Å²) >= 11 is 0. The number of hydrogen-bond acceptors (Lipinski definition) is 8. The number of benzene rings is 3.